The number of hydrogen-bond donors (Lipinski definition) is 0. The summed E-state index contributed by atoms with van der Waals surface area (Å²) in [6, 6.07) is 1.87. The average Bonchev–Trinajstić information content (AvgIpc) is 2.15. The molecule has 0 amide bonds. The Hall–Kier alpha value is -1.03. The Morgan fingerprint density at radius 1 is 1.58 bits per heavy atom. The molecule has 1 aromatic rings. The highest BCUT2D eigenvalue weighted by Crippen LogP contribution is 2.09. The van der Waals surface area contributed by atoms with Crippen LogP contribution in [0.1, 0.15) is 5.82 Å². The summed E-state index contributed by atoms with van der Waals surface area (Å²) in [7, 11) is 1.59. The van der Waals surface area contributed by atoms with Gasteiger partial charge in [0, 0.05) is 12.3 Å². The van der Waals surface area contributed by atoms with Gasteiger partial charge in [0.1, 0.15) is 0 Å². The molecule has 3 nitrogen and oxygen atoms in total. The first-order valence-corrected chi connectivity index (χ1v) is 4.65. The lowest BCUT2D eigenvalue weighted by atomic mass is 10.5. The molecule has 0 aliphatic rings. The van der Waals surface area contributed by atoms with Gasteiger partial charge in [-0.1, -0.05) is 0 Å². The van der Waals surface area contributed by atoms with Crippen LogP contribution in [0.15, 0.2) is 23.6 Å². The van der Waals surface area contributed by atoms with Crippen LogP contribution in [0.4, 0.5) is 0 Å². The van der Waals surface area contributed by atoms with Crippen LogP contribution in [-0.4, -0.2) is 23.3 Å². The van der Waals surface area contributed by atoms with Gasteiger partial charge in [0.05, 0.1) is 18.4 Å². The van der Waals surface area contributed by atoms with Crippen LogP contribution in [0.25, 0.3) is 6.08 Å². The van der Waals surface area contributed by atoms with E-state index in [9.17, 15) is 0 Å². The molecule has 1 heterocycles. The largest absolute Gasteiger partial charge is 0.504 e. The quantitative estimate of drug-likeness (QED) is 0.406. The number of aromatic nitrogens is 2. The zero-order chi connectivity index (χ0) is 8.81. The van der Waals surface area contributed by atoms with Crippen LogP contribution in [0.5, 0.6) is 0 Å². The van der Waals surface area contributed by atoms with E-state index in [1.165, 1.54) is 0 Å². The van der Waals surface area contributed by atoms with E-state index >= 15 is 0 Å². The third-order valence-corrected chi connectivity index (χ3v) is 1.86. The van der Waals surface area contributed by atoms with E-state index in [-0.39, 0.29) is 0 Å². The predicted octanol–water partition coefficient (Wildman–Crippen LogP) is 1.82. The molecule has 0 atom stereocenters. The standard InChI is InChI=1S/C8H10N2OS/c1-11-6-4-7-9-5-3-8(10-7)12-2/h3-6H,1-2H3/b6-4+. The van der Waals surface area contributed by atoms with Gasteiger partial charge in [-0.05, 0) is 12.3 Å². The lowest BCUT2D eigenvalue weighted by Crippen LogP contribution is -1.87. The first-order valence-electron chi connectivity index (χ1n) is 3.43. The van der Waals surface area contributed by atoms with Crippen LogP contribution in [0, 0.1) is 0 Å². The summed E-state index contributed by atoms with van der Waals surface area (Å²) in [6.45, 7) is 0. The Bertz CT molecular complexity index is 276. The second-order valence-corrected chi connectivity index (χ2v) is 2.82. The minimum Gasteiger partial charge on any atom is -0.504 e. The number of thioether (sulfide) groups is 1. The highest BCUT2D eigenvalue weighted by atomic mass is 32.2. The van der Waals surface area contributed by atoms with Crippen LogP contribution in [0.3, 0.4) is 0 Å². The molecule has 0 aliphatic heterocycles. The zero-order valence-corrected chi connectivity index (χ0v) is 7.84. The first-order chi connectivity index (χ1) is 5.86. The van der Waals surface area contributed by atoms with Gasteiger partial charge in [0.15, 0.2) is 5.82 Å². The fourth-order valence-electron chi connectivity index (χ4n) is 0.679. The zero-order valence-electron chi connectivity index (χ0n) is 7.02. The predicted molar refractivity (Wildman–Crippen MR) is 49.9 cm³/mol. The van der Waals surface area contributed by atoms with Gasteiger partial charge in [0.25, 0.3) is 0 Å². The molecular weight excluding hydrogens is 172 g/mol. The summed E-state index contributed by atoms with van der Waals surface area (Å²) < 4.78 is 4.75. The molecule has 12 heavy (non-hydrogen) atoms. The third-order valence-electron chi connectivity index (χ3n) is 1.21. The minimum atomic E-state index is 0.670. The van der Waals surface area contributed by atoms with E-state index in [1.54, 1.807) is 37.4 Å². The summed E-state index contributed by atoms with van der Waals surface area (Å²) in [6.07, 6.45) is 6.99. The summed E-state index contributed by atoms with van der Waals surface area (Å²) in [4.78, 5) is 8.25. The molecule has 0 aliphatic carbocycles. The second-order valence-electron chi connectivity index (χ2n) is 2.00. The molecule has 1 rings (SSSR count). The summed E-state index contributed by atoms with van der Waals surface area (Å²) in [5.74, 6) is 0.670. The van der Waals surface area contributed by atoms with E-state index in [2.05, 4.69) is 9.97 Å². The number of rotatable bonds is 3. The van der Waals surface area contributed by atoms with Crippen LogP contribution < -0.4 is 0 Å². The molecule has 0 spiro atoms. The van der Waals surface area contributed by atoms with Crippen LogP contribution in [-0.2, 0) is 4.74 Å². The van der Waals surface area contributed by atoms with Crippen molar-refractivity contribution in [2.24, 2.45) is 0 Å². The monoisotopic (exact) mass is 182 g/mol. The van der Waals surface area contributed by atoms with Gasteiger partial charge < -0.3 is 4.74 Å². The van der Waals surface area contributed by atoms with Crippen molar-refractivity contribution in [3.8, 4) is 0 Å². The van der Waals surface area contributed by atoms with Crippen LogP contribution in [0.2, 0.25) is 0 Å². The lowest BCUT2D eigenvalue weighted by Gasteiger charge is -1.95. The van der Waals surface area contributed by atoms with E-state index in [4.69, 9.17) is 4.74 Å². The van der Waals surface area contributed by atoms with Crippen LogP contribution >= 0.6 is 11.8 Å². The van der Waals surface area contributed by atoms with E-state index in [0.29, 0.717) is 5.82 Å². The topological polar surface area (TPSA) is 35.0 Å². The molecule has 4 heteroatoms. The number of ether oxygens (including phenoxy) is 1. The lowest BCUT2D eigenvalue weighted by molar-refractivity contribution is 0.341. The average molecular weight is 182 g/mol. The first kappa shape index (κ1) is 9.06. The van der Waals surface area contributed by atoms with Gasteiger partial charge >= 0.3 is 0 Å². The fraction of sp³-hybridized carbons (Fsp3) is 0.250. The van der Waals surface area contributed by atoms with Gasteiger partial charge in [-0.2, -0.15) is 0 Å². The van der Waals surface area contributed by atoms with Crippen molar-refractivity contribution in [2.75, 3.05) is 13.4 Å². The van der Waals surface area contributed by atoms with Crippen molar-refractivity contribution >= 4 is 17.8 Å². The highest BCUT2D eigenvalue weighted by molar-refractivity contribution is 7.98. The van der Waals surface area contributed by atoms with Gasteiger partial charge in [0.2, 0.25) is 0 Å². The van der Waals surface area contributed by atoms with E-state index < -0.39 is 0 Å². The van der Waals surface area contributed by atoms with Crippen molar-refractivity contribution < 1.29 is 4.74 Å². The third kappa shape index (κ3) is 2.54. The van der Waals surface area contributed by atoms with Gasteiger partial charge in [-0.3, -0.25) is 0 Å². The van der Waals surface area contributed by atoms with Crippen molar-refractivity contribution in [1.82, 2.24) is 9.97 Å². The fourth-order valence-corrected chi connectivity index (χ4v) is 1.06. The van der Waals surface area contributed by atoms with Crippen molar-refractivity contribution in [3.05, 3.63) is 24.3 Å². The molecule has 0 saturated heterocycles. The molecule has 1 aromatic heterocycles. The number of hydrogen-bond acceptors (Lipinski definition) is 4. The Balaban J connectivity index is 2.79. The normalized spacial score (nSPS) is 10.5. The van der Waals surface area contributed by atoms with Gasteiger partial charge in [-0.15, -0.1) is 11.8 Å². The number of methoxy groups -OCH3 is 1. The maximum absolute atomic E-state index is 4.75. The molecule has 0 N–H and O–H groups in total. The second kappa shape index (κ2) is 4.77. The highest BCUT2D eigenvalue weighted by Gasteiger charge is 1.92. The molecule has 0 aromatic carbocycles. The maximum Gasteiger partial charge on any atom is 0.156 e. The van der Waals surface area contributed by atoms with E-state index in [0.717, 1.165) is 5.03 Å². The Morgan fingerprint density at radius 2 is 2.42 bits per heavy atom. The Morgan fingerprint density at radius 3 is 3.08 bits per heavy atom. The van der Waals surface area contributed by atoms with Crippen molar-refractivity contribution in [2.45, 2.75) is 5.03 Å². The molecule has 0 unspecified atom stereocenters. The van der Waals surface area contributed by atoms with Crippen molar-refractivity contribution in [1.29, 1.82) is 0 Å². The molecular formula is C8H10N2OS. The Kier molecular flexibility index (Phi) is 3.60. The number of nitrogens with zero attached hydrogens (tertiary/aromatic N) is 2. The molecule has 64 valence electrons. The molecule has 0 radical (unpaired) electrons. The maximum atomic E-state index is 4.75. The summed E-state index contributed by atoms with van der Waals surface area (Å²) >= 11 is 1.59. The van der Waals surface area contributed by atoms with E-state index in [1.807, 2.05) is 12.3 Å². The molecule has 0 saturated carbocycles. The van der Waals surface area contributed by atoms with Gasteiger partial charge in [-0.25, -0.2) is 9.97 Å². The molecule has 0 fully saturated rings. The summed E-state index contributed by atoms with van der Waals surface area (Å²) in [5.41, 5.74) is 0. The molecule has 0 bridgehead atoms. The minimum absolute atomic E-state index is 0.670. The van der Waals surface area contributed by atoms with Crippen molar-refractivity contribution in [3.63, 3.8) is 0 Å². The smallest absolute Gasteiger partial charge is 0.156 e. The Labute approximate surface area is 75.9 Å². The SMILES string of the molecule is CO/C=C/c1nccc(SC)n1. The summed E-state index contributed by atoms with van der Waals surface area (Å²) in [5, 5.41) is 0.959.